The number of aromatic nitrogens is 2. The van der Waals surface area contributed by atoms with Gasteiger partial charge in [-0.1, -0.05) is 0 Å². The van der Waals surface area contributed by atoms with Crippen molar-refractivity contribution in [1.82, 2.24) is 14.9 Å². The van der Waals surface area contributed by atoms with Gasteiger partial charge in [0, 0.05) is 32.9 Å². The highest BCUT2D eigenvalue weighted by atomic mass is 16.5. The van der Waals surface area contributed by atoms with E-state index in [-0.39, 0.29) is 12.0 Å². The number of nitrogens with zero attached hydrogens (tertiary/aromatic N) is 4. The van der Waals surface area contributed by atoms with Crippen LogP contribution in [0.2, 0.25) is 0 Å². The minimum absolute atomic E-state index is 0.106. The van der Waals surface area contributed by atoms with Gasteiger partial charge in [-0.3, -0.25) is 4.79 Å². The third-order valence-electron chi connectivity index (χ3n) is 4.32. The first-order valence-corrected chi connectivity index (χ1v) is 8.24. The fraction of sp³-hybridized carbons (Fsp3) is 0.688. The maximum Gasteiger partial charge on any atom is 0.225 e. The lowest BCUT2D eigenvalue weighted by molar-refractivity contribution is -0.140. The third-order valence-corrected chi connectivity index (χ3v) is 4.32. The Morgan fingerprint density at radius 3 is 3.00 bits per heavy atom. The van der Waals surface area contributed by atoms with E-state index in [0.29, 0.717) is 32.7 Å². The van der Waals surface area contributed by atoms with Crippen molar-refractivity contribution >= 4 is 11.9 Å². The molecule has 0 bridgehead atoms. The van der Waals surface area contributed by atoms with Gasteiger partial charge in [0.25, 0.3) is 0 Å². The maximum atomic E-state index is 12.2. The molecule has 1 aromatic heterocycles. The molecule has 2 aliphatic heterocycles. The van der Waals surface area contributed by atoms with Crippen LogP contribution >= 0.6 is 0 Å². The van der Waals surface area contributed by atoms with Crippen molar-refractivity contribution in [1.29, 1.82) is 0 Å². The van der Waals surface area contributed by atoms with Crippen LogP contribution in [0.5, 0.6) is 0 Å². The molecule has 23 heavy (non-hydrogen) atoms. The van der Waals surface area contributed by atoms with Crippen LogP contribution in [0.25, 0.3) is 0 Å². The van der Waals surface area contributed by atoms with Crippen LogP contribution < -0.4 is 4.90 Å². The lowest BCUT2D eigenvalue weighted by atomic mass is 10.2. The van der Waals surface area contributed by atoms with Gasteiger partial charge in [-0.05, 0) is 18.9 Å². The van der Waals surface area contributed by atoms with Crippen LogP contribution in [0.1, 0.15) is 31.1 Å². The molecule has 1 atom stereocenters. The van der Waals surface area contributed by atoms with E-state index in [1.54, 1.807) is 13.3 Å². The standard InChI is InChI=1S/C16H24N4O3/c1-22-10-5-15(21)20-9-11-23-14(12-20)13-4-6-17-16(18-13)19-7-2-3-8-19/h4,6,14H,2-3,5,7-12H2,1H3/t14-/m0/s1. The molecule has 0 N–H and O–H groups in total. The van der Waals surface area contributed by atoms with Crippen molar-refractivity contribution in [2.24, 2.45) is 0 Å². The summed E-state index contributed by atoms with van der Waals surface area (Å²) in [6, 6.07) is 1.88. The normalized spacial score (nSPS) is 21.7. The van der Waals surface area contributed by atoms with E-state index in [1.807, 2.05) is 11.0 Å². The summed E-state index contributed by atoms with van der Waals surface area (Å²) in [5, 5.41) is 0. The van der Waals surface area contributed by atoms with E-state index in [4.69, 9.17) is 9.47 Å². The van der Waals surface area contributed by atoms with Gasteiger partial charge in [-0.25, -0.2) is 9.97 Å². The van der Waals surface area contributed by atoms with E-state index in [1.165, 1.54) is 12.8 Å². The molecule has 126 valence electrons. The number of morpholine rings is 1. The van der Waals surface area contributed by atoms with Gasteiger partial charge in [0.15, 0.2) is 0 Å². The average molecular weight is 320 g/mol. The molecule has 2 saturated heterocycles. The zero-order valence-electron chi connectivity index (χ0n) is 13.6. The van der Waals surface area contributed by atoms with E-state index < -0.39 is 0 Å². The first-order chi connectivity index (χ1) is 11.3. The minimum atomic E-state index is -0.181. The van der Waals surface area contributed by atoms with Crippen molar-refractivity contribution in [2.75, 3.05) is 51.4 Å². The molecule has 7 heteroatoms. The quantitative estimate of drug-likeness (QED) is 0.807. The Kier molecular flexibility index (Phi) is 5.40. The number of carbonyl (C=O) groups is 1. The van der Waals surface area contributed by atoms with Crippen molar-refractivity contribution in [2.45, 2.75) is 25.4 Å². The second-order valence-corrected chi connectivity index (χ2v) is 5.92. The lowest BCUT2D eigenvalue weighted by Crippen LogP contribution is -2.42. The fourth-order valence-electron chi connectivity index (χ4n) is 3.01. The Hall–Kier alpha value is -1.73. The SMILES string of the molecule is COCCC(=O)N1CCO[C@H](c2ccnc(N3CCCC3)n2)C1. The molecule has 3 rings (SSSR count). The predicted octanol–water partition coefficient (Wildman–Crippen LogP) is 1.01. The van der Waals surface area contributed by atoms with Gasteiger partial charge in [-0.2, -0.15) is 0 Å². The smallest absolute Gasteiger partial charge is 0.225 e. The molecule has 2 aliphatic rings. The number of ether oxygens (including phenoxy) is 2. The molecule has 1 aromatic rings. The summed E-state index contributed by atoms with van der Waals surface area (Å²) in [6.07, 6.45) is 4.39. The third kappa shape index (κ3) is 3.97. The Balaban J connectivity index is 1.66. The molecular weight excluding hydrogens is 296 g/mol. The molecule has 1 amide bonds. The van der Waals surface area contributed by atoms with Gasteiger partial charge in [0.05, 0.1) is 31.9 Å². The Morgan fingerprint density at radius 1 is 1.39 bits per heavy atom. The molecule has 0 aliphatic carbocycles. The topological polar surface area (TPSA) is 67.8 Å². The first-order valence-electron chi connectivity index (χ1n) is 8.24. The van der Waals surface area contributed by atoms with E-state index in [2.05, 4.69) is 14.9 Å². The highest BCUT2D eigenvalue weighted by molar-refractivity contribution is 5.76. The molecule has 7 nitrogen and oxygen atoms in total. The zero-order valence-corrected chi connectivity index (χ0v) is 13.6. The van der Waals surface area contributed by atoms with Crippen LogP contribution in [0.15, 0.2) is 12.3 Å². The van der Waals surface area contributed by atoms with Crippen LogP contribution in [-0.4, -0.2) is 67.3 Å². The van der Waals surface area contributed by atoms with Crippen LogP contribution in [0, 0.1) is 0 Å². The van der Waals surface area contributed by atoms with Gasteiger partial charge in [0.1, 0.15) is 6.10 Å². The van der Waals surface area contributed by atoms with Gasteiger partial charge < -0.3 is 19.3 Å². The van der Waals surface area contributed by atoms with Gasteiger partial charge >= 0.3 is 0 Å². The summed E-state index contributed by atoms with van der Waals surface area (Å²) in [7, 11) is 1.61. The second kappa shape index (κ2) is 7.70. The summed E-state index contributed by atoms with van der Waals surface area (Å²) < 4.78 is 10.8. The molecule has 0 aromatic carbocycles. The van der Waals surface area contributed by atoms with E-state index >= 15 is 0 Å². The van der Waals surface area contributed by atoms with Gasteiger partial charge in [0.2, 0.25) is 11.9 Å². The summed E-state index contributed by atoms with van der Waals surface area (Å²) in [5.74, 6) is 0.875. The largest absolute Gasteiger partial charge is 0.384 e. The van der Waals surface area contributed by atoms with Crippen molar-refractivity contribution in [3.63, 3.8) is 0 Å². The van der Waals surface area contributed by atoms with Crippen molar-refractivity contribution in [3.05, 3.63) is 18.0 Å². The molecule has 0 radical (unpaired) electrons. The van der Waals surface area contributed by atoms with Crippen LogP contribution in [0.4, 0.5) is 5.95 Å². The molecule has 2 fully saturated rings. The number of carbonyl (C=O) groups excluding carboxylic acids is 1. The number of amides is 1. The van der Waals surface area contributed by atoms with Crippen LogP contribution in [-0.2, 0) is 14.3 Å². The van der Waals surface area contributed by atoms with Crippen molar-refractivity contribution in [3.8, 4) is 0 Å². The number of methoxy groups -OCH3 is 1. The van der Waals surface area contributed by atoms with E-state index in [9.17, 15) is 4.79 Å². The lowest BCUT2D eigenvalue weighted by Gasteiger charge is -2.33. The Morgan fingerprint density at radius 2 is 2.22 bits per heavy atom. The number of anilines is 1. The molecule has 3 heterocycles. The number of hydrogen-bond donors (Lipinski definition) is 0. The number of rotatable bonds is 5. The zero-order chi connectivity index (χ0) is 16.1. The highest BCUT2D eigenvalue weighted by Gasteiger charge is 2.27. The molecule has 0 unspecified atom stereocenters. The molecule has 0 saturated carbocycles. The summed E-state index contributed by atoms with van der Waals surface area (Å²) in [6.45, 7) is 4.18. The Labute approximate surface area is 136 Å². The summed E-state index contributed by atoms with van der Waals surface area (Å²) in [4.78, 5) is 25.2. The highest BCUT2D eigenvalue weighted by Crippen LogP contribution is 2.23. The van der Waals surface area contributed by atoms with Crippen molar-refractivity contribution < 1.29 is 14.3 Å². The number of hydrogen-bond acceptors (Lipinski definition) is 6. The average Bonchev–Trinajstić information content (AvgIpc) is 3.14. The minimum Gasteiger partial charge on any atom is -0.384 e. The van der Waals surface area contributed by atoms with Gasteiger partial charge in [-0.15, -0.1) is 0 Å². The second-order valence-electron chi connectivity index (χ2n) is 5.92. The Bertz CT molecular complexity index is 534. The van der Waals surface area contributed by atoms with Crippen LogP contribution in [0.3, 0.4) is 0 Å². The fourth-order valence-corrected chi connectivity index (χ4v) is 3.01. The summed E-state index contributed by atoms with van der Waals surface area (Å²) >= 11 is 0. The maximum absolute atomic E-state index is 12.2. The first kappa shape index (κ1) is 16.1. The molecular formula is C16H24N4O3. The summed E-state index contributed by atoms with van der Waals surface area (Å²) in [5.41, 5.74) is 0.853. The molecule has 0 spiro atoms. The van der Waals surface area contributed by atoms with E-state index in [0.717, 1.165) is 24.7 Å². The monoisotopic (exact) mass is 320 g/mol. The predicted molar refractivity (Wildman–Crippen MR) is 85.2 cm³/mol.